The van der Waals surface area contributed by atoms with Crippen molar-refractivity contribution in [3.63, 3.8) is 0 Å². The van der Waals surface area contributed by atoms with Crippen molar-refractivity contribution >= 4 is 17.2 Å². The molecule has 0 aliphatic heterocycles. The van der Waals surface area contributed by atoms with Crippen LogP contribution in [0.1, 0.15) is 12.5 Å². The Hall–Kier alpha value is -2.81. The van der Waals surface area contributed by atoms with E-state index in [0.717, 1.165) is 0 Å². The number of nitrogens with two attached hydrogens (primary N) is 1. The Morgan fingerprint density at radius 2 is 2.25 bits per heavy atom. The fourth-order valence-corrected chi connectivity index (χ4v) is 1.66. The topological polar surface area (TPSA) is 84.0 Å². The standard InChI is InChI=1S/C14H13FN4O/c1-2-20-12-4-3-10(7-11(12)15)19-14-13(17)9(8-16)5-6-18-14/h3-7H,2,17H2,1H3,(H,18,19). The summed E-state index contributed by atoms with van der Waals surface area (Å²) in [6.07, 6.45) is 1.46. The first-order valence-corrected chi connectivity index (χ1v) is 5.99. The van der Waals surface area contributed by atoms with Gasteiger partial charge in [-0.3, -0.25) is 0 Å². The van der Waals surface area contributed by atoms with Crippen molar-refractivity contribution in [1.82, 2.24) is 4.98 Å². The molecule has 0 amide bonds. The number of nitriles is 1. The maximum absolute atomic E-state index is 13.7. The van der Waals surface area contributed by atoms with Crippen molar-refractivity contribution < 1.29 is 9.13 Å². The molecule has 1 aromatic carbocycles. The van der Waals surface area contributed by atoms with Crippen LogP contribution in [-0.4, -0.2) is 11.6 Å². The number of ether oxygens (including phenoxy) is 1. The molecule has 20 heavy (non-hydrogen) atoms. The van der Waals surface area contributed by atoms with Gasteiger partial charge in [-0.15, -0.1) is 0 Å². The lowest BCUT2D eigenvalue weighted by Gasteiger charge is -2.10. The molecule has 0 bridgehead atoms. The van der Waals surface area contributed by atoms with E-state index in [-0.39, 0.29) is 11.4 Å². The molecule has 2 rings (SSSR count). The van der Waals surface area contributed by atoms with Crippen LogP contribution in [0.5, 0.6) is 5.75 Å². The molecule has 6 heteroatoms. The summed E-state index contributed by atoms with van der Waals surface area (Å²) in [5.41, 5.74) is 6.80. The highest BCUT2D eigenvalue weighted by atomic mass is 19.1. The minimum Gasteiger partial charge on any atom is -0.491 e. The van der Waals surface area contributed by atoms with Crippen molar-refractivity contribution in [2.45, 2.75) is 6.92 Å². The van der Waals surface area contributed by atoms with Crippen molar-refractivity contribution in [3.8, 4) is 11.8 Å². The smallest absolute Gasteiger partial charge is 0.167 e. The zero-order chi connectivity index (χ0) is 14.5. The third-order valence-corrected chi connectivity index (χ3v) is 2.61. The quantitative estimate of drug-likeness (QED) is 0.894. The van der Waals surface area contributed by atoms with Gasteiger partial charge in [0.1, 0.15) is 6.07 Å². The summed E-state index contributed by atoms with van der Waals surface area (Å²) in [6, 6.07) is 7.92. The molecule has 102 valence electrons. The number of rotatable bonds is 4. The number of hydrogen-bond donors (Lipinski definition) is 2. The van der Waals surface area contributed by atoms with E-state index in [9.17, 15) is 4.39 Å². The van der Waals surface area contributed by atoms with E-state index in [2.05, 4.69) is 10.3 Å². The van der Waals surface area contributed by atoms with Crippen molar-refractivity contribution in [2.75, 3.05) is 17.7 Å². The van der Waals surface area contributed by atoms with Crippen LogP contribution >= 0.6 is 0 Å². The van der Waals surface area contributed by atoms with Gasteiger partial charge in [-0.05, 0) is 25.1 Å². The van der Waals surface area contributed by atoms with Crippen LogP contribution in [0.2, 0.25) is 0 Å². The first kappa shape index (κ1) is 13.6. The lowest BCUT2D eigenvalue weighted by Crippen LogP contribution is -2.02. The highest BCUT2D eigenvalue weighted by Gasteiger charge is 2.08. The second kappa shape index (κ2) is 5.89. The van der Waals surface area contributed by atoms with E-state index < -0.39 is 5.82 Å². The van der Waals surface area contributed by atoms with Crippen LogP contribution in [0.4, 0.5) is 21.6 Å². The van der Waals surface area contributed by atoms with Crippen LogP contribution in [0.3, 0.4) is 0 Å². The average molecular weight is 272 g/mol. The molecule has 0 saturated carbocycles. The Balaban J connectivity index is 2.27. The van der Waals surface area contributed by atoms with E-state index in [4.69, 9.17) is 15.7 Å². The average Bonchev–Trinajstić information content (AvgIpc) is 2.44. The van der Waals surface area contributed by atoms with Gasteiger partial charge in [0.15, 0.2) is 17.4 Å². The first-order chi connectivity index (χ1) is 9.65. The number of nitrogens with one attached hydrogen (secondary N) is 1. The minimum absolute atomic E-state index is 0.185. The lowest BCUT2D eigenvalue weighted by atomic mass is 10.2. The van der Waals surface area contributed by atoms with Gasteiger partial charge in [0.05, 0.1) is 17.9 Å². The largest absolute Gasteiger partial charge is 0.491 e. The van der Waals surface area contributed by atoms with Gasteiger partial charge in [0, 0.05) is 18.0 Å². The van der Waals surface area contributed by atoms with Gasteiger partial charge in [-0.1, -0.05) is 0 Å². The molecule has 0 saturated heterocycles. The SMILES string of the molecule is CCOc1ccc(Nc2nccc(C#N)c2N)cc1F. The number of aromatic nitrogens is 1. The van der Waals surface area contributed by atoms with Gasteiger partial charge < -0.3 is 15.8 Å². The molecule has 3 N–H and O–H groups in total. The predicted octanol–water partition coefficient (Wildman–Crippen LogP) is 2.82. The third kappa shape index (κ3) is 2.78. The van der Waals surface area contributed by atoms with Gasteiger partial charge in [-0.25, -0.2) is 9.37 Å². The van der Waals surface area contributed by atoms with Gasteiger partial charge in [-0.2, -0.15) is 5.26 Å². The van der Waals surface area contributed by atoms with Crippen molar-refractivity contribution in [2.24, 2.45) is 0 Å². The molecule has 0 atom stereocenters. The van der Waals surface area contributed by atoms with Gasteiger partial charge >= 0.3 is 0 Å². The molecular weight excluding hydrogens is 259 g/mol. The molecule has 0 unspecified atom stereocenters. The molecule has 1 aromatic heterocycles. The second-order valence-corrected chi connectivity index (χ2v) is 3.94. The minimum atomic E-state index is -0.480. The summed E-state index contributed by atoms with van der Waals surface area (Å²) in [4.78, 5) is 4.03. The second-order valence-electron chi connectivity index (χ2n) is 3.94. The highest BCUT2D eigenvalue weighted by molar-refractivity contribution is 5.73. The van der Waals surface area contributed by atoms with Crippen LogP contribution in [-0.2, 0) is 0 Å². The summed E-state index contributed by atoms with van der Waals surface area (Å²) in [7, 11) is 0. The Labute approximate surface area is 115 Å². The van der Waals surface area contributed by atoms with Gasteiger partial charge in [0.25, 0.3) is 0 Å². The predicted molar refractivity (Wildman–Crippen MR) is 74.2 cm³/mol. The van der Waals surface area contributed by atoms with Crippen LogP contribution in [0, 0.1) is 17.1 Å². The maximum atomic E-state index is 13.7. The lowest BCUT2D eigenvalue weighted by molar-refractivity contribution is 0.321. The highest BCUT2D eigenvalue weighted by Crippen LogP contribution is 2.26. The van der Waals surface area contributed by atoms with E-state index in [1.54, 1.807) is 13.0 Å². The van der Waals surface area contributed by atoms with E-state index >= 15 is 0 Å². The zero-order valence-electron chi connectivity index (χ0n) is 10.9. The number of pyridine rings is 1. The number of halogens is 1. The molecular formula is C14H13FN4O. The molecule has 2 aromatic rings. The molecule has 0 aliphatic carbocycles. The van der Waals surface area contributed by atoms with E-state index in [0.29, 0.717) is 23.7 Å². The Morgan fingerprint density at radius 3 is 2.90 bits per heavy atom. The molecule has 5 nitrogen and oxygen atoms in total. The normalized spacial score (nSPS) is 9.85. The Bertz CT molecular complexity index is 667. The number of benzene rings is 1. The number of anilines is 3. The molecule has 0 radical (unpaired) electrons. The zero-order valence-corrected chi connectivity index (χ0v) is 10.9. The van der Waals surface area contributed by atoms with Crippen LogP contribution < -0.4 is 15.8 Å². The summed E-state index contributed by atoms with van der Waals surface area (Å²) >= 11 is 0. The molecule has 0 fully saturated rings. The van der Waals surface area contributed by atoms with Crippen molar-refractivity contribution in [1.29, 1.82) is 5.26 Å². The maximum Gasteiger partial charge on any atom is 0.167 e. The molecule has 0 spiro atoms. The Morgan fingerprint density at radius 1 is 1.45 bits per heavy atom. The molecule has 0 aliphatic rings. The summed E-state index contributed by atoms with van der Waals surface area (Å²) in [5, 5.41) is 11.8. The molecule has 1 heterocycles. The van der Waals surface area contributed by atoms with Gasteiger partial charge in [0.2, 0.25) is 0 Å². The summed E-state index contributed by atoms with van der Waals surface area (Å²) in [6.45, 7) is 2.17. The fraction of sp³-hybridized carbons (Fsp3) is 0.143. The summed E-state index contributed by atoms with van der Waals surface area (Å²) in [5.74, 6) is 0.0178. The van der Waals surface area contributed by atoms with E-state index in [1.165, 1.54) is 24.4 Å². The van der Waals surface area contributed by atoms with Crippen molar-refractivity contribution in [3.05, 3.63) is 41.8 Å². The van der Waals surface area contributed by atoms with Crippen LogP contribution in [0.25, 0.3) is 0 Å². The van der Waals surface area contributed by atoms with Crippen LogP contribution in [0.15, 0.2) is 30.5 Å². The fourth-order valence-electron chi connectivity index (χ4n) is 1.66. The third-order valence-electron chi connectivity index (χ3n) is 2.61. The number of nitrogens with zero attached hydrogens (tertiary/aromatic N) is 2. The van der Waals surface area contributed by atoms with E-state index in [1.807, 2.05) is 6.07 Å². The Kier molecular flexibility index (Phi) is 4.01. The number of nitrogen functional groups attached to an aromatic ring is 1. The number of hydrogen-bond acceptors (Lipinski definition) is 5. The first-order valence-electron chi connectivity index (χ1n) is 5.99. The summed E-state index contributed by atoms with van der Waals surface area (Å²) < 4.78 is 18.8. The monoisotopic (exact) mass is 272 g/mol.